The molecule has 2 heteroatoms. The molecule has 108 valence electrons. The van der Waals surface area contributed by atoms with E-state index in [2.05, 4.69) is 32.0 Å². The first-order valence-electron chi connectivity index (χ1n) is 7.14. The molecule has 0 aliphatic heterocycles. The van der Waals surface area contributed by atoms with Gasteiger partial charge in [0.25, 0.3) is 0 Å². The van der Waals surface area contributed by atoms with Crippen LogP contribution >= 0.6 is 23.2 Å². The van der Waals surface area contributed by atoms with E-state index in [0.29, 0.717) is 0 Å². The summed E-state index contributed by atoms with van der Waals surface area (Å²) < 4.78 is 0. The number of halogens is 2. The van der Waals surface area contributed by atoms with Gasteiger partial charge in [0.15, 0.2) is 0 Å². The fourth-order valence-corrected chi connectivity index (χ4v) is 2.26. The Balaban J connectivity index is 0.000000200. The van der Waals surface area contributed by atoms with Crippen molar-refractivity contribution in [1.82, 2.24) is 0 Å². The predicted octanol–water partition coefficient (Wildman–Crippen LogP) is 6.59. The van der Waals surface area contributed by atoms with Crippen molar-refractivity contribution in [3.8, 4) is 0 Å². The minimum absolute atomic E-state index is 0.819. The molecule has 0 nitrogen and oxygen atoms in total. The molecule has 0 fully saturated rings. The molecule has 0 atom stereocenters. The van der Waals surface area contributed by atoms with E-state index in [4.69, 9.17) is 23.2 Å². The van der Waals surface area contributed by atoms with Crippen LogP contribution in [0.2, 0.25) is 10.0 Å². The van der Waals surface area contributed by atoms with E-state index in [1.165, 1.54) is 24.0 Å². The van der Waals surface area contributed by atoms with Gasteiger partial charge in [-0.05, 0) is 48.2 Å². The molecule has 0 amide bonds. The van der Waals surface area contributed by atoms with Crippen LogP contribution in [0.3, 0.4) is 0 Å². The lowest BCUT2D eigenvalue weighted by Crippen LogP contribution is -1.80. The Labute approximate surface area is 132 Å². The maximum Gasteiger partial charge on any atom is 0.0408 e. The van der Waals surface area contributed by atoms with E-state index in [0.717, 1.165) is 22.9 Å². The van der Waals surface area contributed by atoms with E-state index >= 15 is 0 Å². The van der Waals surface area contributed by atoms with Crippen molar-refractivity contribution in [3.63, 3.8) is 0 Å². The van der Waals surface area contributed by atoms with Gasteiger partial charge >= 0.3 is 0 Å². The summed E-state index contributed by atoms with van der Waals surface area (Å²) in [4.78, 5) is 0. The summed E-state index contributed by atoms with van der Waals surface area (Å²) in [6, 6.07) is 16.0. The lowest BCUT2D eigenvalue weighted by molar-refractivity contribution is 0.922. The lowest BCUT2D eigenvalue weighted by Gasteiger charge is -1.96. The molecule has 0 spiro atoms. The molecular weight excluding hydrogens is 287 g/mol. The second-order valence-corrected chi connectivity index (χ2v) is 5.63. The zero-order valence-corrected chi connectivity index (χ0v) is 13.7. The van der Waals surface area contributed by atoms with Gasteiger partial charge in [-0.3, -0.25) is 0 Å². The highest BCUT2D eigenvalue weighted by Gasteiger charge is 1.90. The fourth-order valence-electron chi connectivity index (χ4n) is 1.92. The number of hydrogen-bond acceptors (Lipinski definition) is 0. The van der Waals surface area contributed by atoms with Crippen LogP contribution in [0.5, 0.6) is 0 Å². The third-order valence-electron chi connectivity index (χ3n) is 2.88. The number of hydrogen-bond donors (Lipinski definition) is 0. The monoisotopic (exact) mass is 308 g/mol. The highest BCUT2D eigenvalue weighted by Crippen LogP contribution is 2.11. The van der Waals surface area contributed by atoms with Crippen molar-refractivity contribution in [1.29, 1.82) is 0 Å². The van der Waals surface area contributed by atoms with Gasteiger partial charge in [0.1, 0.15) is 0 Å². The topological polar surface area (TPSA) is 0 Å². The molecule has 0 radical (unpaired) electrons. The summed E-state index contributed by atoms with van der Waals surface area (Å²) >= 11 is 11.5. The largest absolute Gasteiger partial charge is 0.0843 e. The van der Waals surface area contributed by atoms with Gasteiger partial charge in [-0.1, -0.05) is 74.2 Å². The van der Waals surface area contributed by atoms with Crippen LogP contribution in [0, 0.1) is 0 Å². The molecule has 20 heavy (non-hydrogen) atoms. The highest BCUT2D eigenvalue weighted by molar-refractivity contribution is 6.30. The molecule has 0 heterocycles. The Bertz CT molecular complexity index is 489. The van der Waals surface area contributed by atoms with Gasteiger partial charge in [0, 0.05) is 10.0 Å². The maximum absolute atomic E-state index is 5.78. The molecule has 0 aliphatic rings. The molecule has 0 unspecified atom stereocenters. The van der Waals surface area contributed by atoms with Gasteiger partial charge in [-0.15, -0.1) is 0 Å². The molecule has 0 saturated carbocycles. The van der Waals surface area contributed by atoms with Crippen molar-refractivity contribution >= 4 is 23.2 Å². The molecule has 0 N–H and O–H groups in total. The number of rotatable bonds is 4. The van der Waals surface area contributed by atoms with E-state index in [-0.39, 0.29) is 0 Å². The van der Waals surface area contributed by atoms with E-state index in [9.17, 15) is 0 Å². The molecule has 0 saturated heterocycles. The Morgan fingerprint density at radius 2 is 1.30 bits per heavy atom. The quantitative estimate of drug-likeness (QED) is 0.598. The maximum atomic E-state index is 5.78. The smallest absolute Gasteiger partial charge is 0.0408 e. The lowest BCUT2D eigenvalue weighted by atomic mass is 10.1. The summed E-state index contributed by atoms with van der Waals surface area (Å²) in [5.74, 6) is 0. The zero-order chi connectivity index (χ0) is 14.8. The normalized spacial score (nSPS) is 9.80. The third-order valence-corrected chi connectivity index (χ3v) is 3.37. The Kier molecular flexibility index (Phi) is 8.41. The Morgan fingerprint density at radius 1 is 0.700 bits per heavy atom. The summed E-state index contributed by atoms with van der Waals surface area (Å²) in [5.41, 5.74) is 2.70. The predicted molar refractivity (Wildman–Crippen MR) is 90.9 cm³/mol. The van der Waals surface area contributed by atoms with Crippen molar-refractivity contribution in [3.05, 3.63) is 69.7 Å². The molecule has 2 rings (SSSR count). The van der Waals surface area contributed by atoms with Crippen LogP contribution < -0.4 is 0 Å². The Hall–Kier alpha value is -0.980. The van der Waals surface area contributed by atoms with Gasteiger partial charge in [0.2, 0.25) is 0 Å². The standard InChI is InChI=1S/2C9H11Cl/c1-2-4-8-5-3-6-9(10)7-8;1-2-3-8-4-6-9(10)7-5-8/h3,5-7H,2,4H2,1H3;4-7H,2-3H2,1H3. The van der Waals surface area contributed by atoms with Crippen LogP contribution in [0.25, 0.3) is 0 Å². The van der Waals surface area contributed by atoms with Gasteiger partial charge in [-0.25, -0.2) is 0 Å². The van der Waals surface area contributed by atoms with Crippen molar-refractivity contribution < 1.29 is 0 Å². The first kappa shape index (κ1) is 17.1. The molecule has 0 aromatic heterocycles. The number of aryl methyl sites for hydroxylation is 2. The van der Waals surface area contributed by atoms with Gasteiger partial charge in [-0.2, -0.15) is 0 Å². The molecule has 0 bridgehead atoms. The zero-order valence-electron chi connectivity index (χ0n) is 12.2. The van der Waals surface area contributed by atoms with Crippen molar-refractivity contribution in [2.24, 2.45) is 0 Å². The SMILES string of the molecule is CCCc1ccc(Cl)cc1.CCCc1cccc(Cl)c1. The van der Waals surface area contributed by atoms with E-state index in [1.54, 1.807) is 0 Å². The summed E-state index contributed by atoms with van der Waals surface area (Å²) in [7, 11) is 0. The van der Waals surface area contributed by atoms with Gasteiger partial charge in [0.05, 0.1) is 0 Å². The van der Waals surface area contributed by atoms with Crippen molar-refractivity contribution in [2.45, 2.75) is 39.5 Å². The van der Waals surface area contributed by atoms with E-state index in [1.807, 2.05) is 30.3 Å². The van der Waals surface area contributed by atoms with Crippen LogP contribution in [0.4, 0.5) is 0 Å². The first-order valence-corrected chi connectivity index (χ1v) is 7.90. The first-order chi connectivity index (χ1) is 9.65. The van der Waals surface area contributed by atoms with Gasteiger partial charge < -0.3 is 0 Å². The second kappa shape index (κ2) is 9.85. The summed E-state index contributed by atoms with van der Waals surface area (Å²) in [6.45, 7) is 4.34. The third kappa shape index (κ3) is 6.98. The molecular formula is C18H22Cl2. The second-order valence-electron chi connectivity index (χ2n) is 4.76. The van der Waals surface area contributed by atoms with Crippen LogP contribution in [-0.4, -0.2) is 0 Å². The average Bonchev–Trinajstić information content (AvgIpc) is 2.43. The summed E-state index contributed by atoms with van der Waals surface area (Å²) in [6.07, 6.45) is 4.65. The van der Waals surface area contributed by atoms with E-state index < -0.39 is 0 Å². The molecule has 2 aromatic rings. The van der Waals surface area contributed by atoms with Crippen LogP contribution in [-0.2, 0) is 12.8 Å². The molecule has 2 aromatic carbocycles. The highest BCUT2D eigenvalue weighted by atomic mass is 35.5. The average molecular weight is 309 g/mol. The molecule has 0 aliphatic carbocycles. The minimum Gasteiger partial charge on any atom is -0.0843 e. The van der Waals surface area contributed by atoms with Crippen LogP contribution in [0.1, 0.15) is 37.8 Å². The summed E-state index contributed by atoms with van der Waals surface area (Å²) in [5, 5.41) is 1.66. The Morgan fingerprint density at radius 3 is 1.85 bits per heavy atom. The van der Waals surface area contributed by atoms with Crippen LogP contribution in [0.15, 0.2) is 48.5 Å². The fraction of sp³-hybridized carbons (Fsp3) is 0.333. The number of benzene rings is 2. The van der Waals surface area contributed by atoms with Crippen molar-refractivity contribution in [2.75, 3.05) is 0 Å². The minimum atomic E-state index is 0.819.